The molecule has 0 saturated heterocycles. The van der Waals surface area contributed by atoms with E-state index in [9.17, 15) is 0 Å². The molecule has 1 atom stereocenters. The molecule has 1 unspecified atom stereocenters. The maximum Gasteiger partial charge on any atom is 0.160 e. The summed E-state index contributed by atoms with van der Waals surface area (Å²) in [5.41, 5.74) is 1.99. The van der Waals surface area contributed by atoms with Crippen LogP contribution in [-0.2, 0) is 6.54 Å². The lowest BCUT2D eigenvalue weighted by Crippen LogP contribution is -2.20. The molecule has 0 amide bonds. The highest BCUT2D eigenvalue weighted by molar-refractivity contribution is 5.71. The van der Waals surface area contributed by atoms with E-state index in [0.29, 0.717) is 6.04 Å². The fraction of sp³-hybridized carbons (Fsp3) is 0.538. The first-order valence-corrected chi connectivity index (χ1v) is 6.30. The Bertz CT molecular complexity index is 485. The number of pyridine rings is 1. The van der Waals surface area contributed by atoms with Gasteiger partial charge in [0.2, 0.25) is 0 Å². The molecule has 0 spiro atoms. The van der Waals surface area contributed by atoms with Crippen molar-refractivity contribution in [2.45, 2.75) is 39.3 Å². The number of hydrogen-bond acceptors (Lipinski definition) is 3. The Morgan fingerprint density at radius 2 is 2.24 bits per heavy atom. The molecule has 1 N–H and O–H groups in total. The van der Waals surface area contributed by atoms with Crippen LogP contribution >= 0.6 is 0 Å². The van der Waals surface area contributed by atoms with E-state index in [1.807, 2.05) is 25.4 Å². The van der Waals surface area contributed by atoms with Gasteiger partial charge >= 0.3 is 0 Å². The van der Waals surface area contributed by atoms with E-state index in [1.165, 1.54) is 0 Å². The summed E-state index contributed by atoms with van der Waals surface area (Å²) in [7, 11) is 1.98. The average molecular weight is 232 g/mol. The maximum atomic E-state index is 4.71. The fourth-order valence-corrected chi connectivity index (χ4v) is 2.20. The third kappa shape index (κ3) is 2.17. The first-order valence-electron chi connectivity index (χ1n) is 6.30. The number of nitrogens with one attached hydrogen (secondary N) is 1. The molecule has 0 bridgehead atoms. The van der Waals surface area contributed by atoms with E-state index < -0.39 is 0 Å². The van der Waals surface area contributed by atoms with Gasteiger partial charge in [0.05, 0.1) is 6.04 Å². The minimum absolute atomic E-state index is 0.302. The molecule has 2 aromatic heterocycles. The number of nitrogens with zero attached hydrogens (tertiary/aromatic N) is 3. The summed E-state index contributed by atoms with van der Waals surface area (Å²) < 4.78 is 2.24. The number of aryl methyl sites for hydroxylation is 1. The first kappa shape index (κ1) is 12.0. The number of hydrogen-bond donors (Lipinski definition) is 1. The van der Waals surface area contributed by atoms with Crippen molar-refractivity contribution in [3.8, 4) is 0 Å². The zero-order valence-corrected chi connectivity index (χ0v) is 10.8. The average Bonchev–Trinajstić information content (AvgIpc) is 2.71. The van der Waals surface area contributed by atoms with Gasteiger partial charge in [0, 0.05) is 12.7 Å². The van der Waals surface area contributed by atoms with E-state index in [4.69, 9.17) is 4.98 Å². The topological polar surface area (TPSA) is 42.7 Å². The maximum absolute atomic E-state index is 4.71. The Morgan fingerprint density at radius 1 is 1.41 bits per heavy atom. The van der Waals surface area contributed by atoms with E-state index in [-0.39, 0.29) is 0 Å². The van der Waals surface area contributed by atoms with Crippen LogP contribution in [0.1, 0.15) is 38.6 Å². The number of imidazole rings is 1. The second kappa shape index (κ2) is 5.27. The number of rotatable bonds is 5. The molecule has 0 aliphatic rings. The quantitative estimate of drug-likeness (QED) is 0.861. The summed E-state index contributed by atoms with van der Waals surface area (Å²) >= 11 is 0. The molecule has 92 valence electrons. The summed E-state index contributed by atoms with van der Waals surface area (Å²) in [6.45, 7) is 5.32. The van der Waals surface area contributed by atoms with E-state index in [0.717, 1.165) is 36.4 Å². The Morgan fingerprint density at radius 3 is 2.88 bits per heavy atom. The zero-order chi connectivity index (χ0) is 12.3. The lowest BCUT2D eigenvalue weighted by atomic mass is 10.2. The summed E-state index contributed by atoms with van der Waals surface area (Å²) in [4.78, 5) is 9.16. The van der Waals surface area contributed by atoms with Crippen molar-refractivity contribution in [3.63, 3.8) is 0 Å². The Kier molecular flexibility index (Phi) is 3.74. The zero-order valence-electron chi connectivity index (χ0n) is 10.8. The van der Waals surface area contributed by atoms with Gasteiger partial charge < -0.3 is 9.88 Å². The first-order chi connectivity index (χ1) is 8.31. The Hall–Kier alpha value is -1.42. The third-order valence-electron chi connectivity index (χ3n) is 3.05. The predicted molar refractivity (Wildman–Crippen MR) is 69.9 cm³/mol. The molecule has 0 fully saturated rings. The minimum atomic E-state index is 0.302. The third-order valence-corrected chi connectivity index (χ3v) is 3.05. The van der Waals surface area contributed by atoms with Gasteiger partial charge in [-0.15, -0.1) is 0 Å². The minimum Gasteiger partial charge on any atom is -0.311 e. The van der Waals surface area contributed by atoms with Gasteiger partial charge in [-0.3, -0.25) is 0 Å². The second-order valence-corrected chi connectivity index (χ2v) is 4.22. The van der Waals surface area contributed by atoms with E-state index >= 15 is 0 Å². The molecule has 4 nitrogen and oxygen atoms in total. The van der Waals surface area contributed by atoms with Crippen molar-refractivity contribution >= 4 is 11.2 Å². The predicted octanol–water partition coefficient (Wildman–Crippen LogP) is 2.51. The molecule has 0 saturated carbocycles. The largest absolute Gasteiger partial charge is 0.311 e. The van der Waals surface area contributed by atoms with Crippen LogP contribution in [0.4, 0.5) is 0 Å². The smallest absolute Gasteiger partial charge is 0.160 e. The van der Waals surface area contributed by atoms with Gasteiger partial charge in [0.1, 0.15) is 11.3 Å². The van der Waals surface area contributed by atoms with Crippen molar-refractivity contribution in [2.24, 2.45) is 0 Å². The molecule has 2 heterocycles. The van der Waals surface area contributed by atoms with Crippen LogP contribution in [0, 0.1) is 0 Å². The highest BCUT2D eigenvalue weighted by Crippen LogP contribution is 2.21. The summed E-state index contributed by atoms with van der Waals surface area (Å²) in [6, 6.07) is 4.27. The monoisotopic (exact) mass is 232 g/mol. The van der Waals surface area contributed by atoms with Crippen LogP contribution in [0.25, 0.3) is 11.2 Å². The van der Waals surface area contributed by atoms with Gasteiger partial charge in [-0.05, 0) is 32.0 Å². The van der Waals surface area contributed by atoms with Crippen molar-refractivity contribution in [1.29, 1.82) is 0 Å². The molecule has 2 rings (SSSR count). The van der Waals surface area contributed by atoms with E-state index in [1.54, 1.807) is 0 Å². The molecule has 0 aliphatic heterocycles. The fourth-order valence-electron chi connectivity index (χ4n) is 2.20. The molecule has 0 aliphatic carbocycles. The van der Waals surface area contributed by atoms with Crippen molar-refractivity contribution < 1.29 is 0 Å². The Balaban J connectivity index is 2.56. The number of aromatic nitrogens is 3. The summed E-state index contributed by atoms with van der Waals surface area (Å²) in [6.07, 6.45) is 3.96. The van der Waals surface area contributed by atoms with Crippen molar-refractivity contribution in [2.75, 3.05) is 7.05 Å². The highest BCUT2D eigenvalue weighted by atomic mass is 15.2. The molecule has 17 heavy (non-hydrogen) atoms. The normalized spacial score (nSPS) is 13.1. The molecule has 0 aromatic carbocycles. The lowest BCUT2D eigenvalue weighted by Gasteiger charge is -2.15. The van der Waals surface area contributed by atoms with Crippen molar-refractivity contribution in [3.05, 3.63) is 24.2 Å². The Labute approximate surface area is 102 Å². The lowest BCUT2D eigenvalue weighted by molar-refractivity contribution is 0.507. The standard InChI is InChI=1S/C13H20N4/c1-4-9-17-12-11(7-6-8-15-12)16-13(17)10(5-2)14-3/h6-8,10,14H,4-5,9H2,1-3H3. The van der Waals surface area contributed by atoms with Gasteiger partial charge in [0.15, 0.2) is 5.65 Å². The molecular weight excluding hydrogens is 212 g/mol. The van der Waals surface area contributed by atoms with Crippen LogP contribution in [0.2, 0.25) is 0 Å². The highest BCUT2D eigenvalue weighted by Gasteiger charge is 2.17. The van der Waals surface area contributed by atoms with Crippen LogP contribution in [-0.4, -0.2) is 21.6 Å². The summed E-state index contributed by atoms with van der Waals surface area (Å²) in [5, 5.41) is 3.32. The van der Waals surface area contributed by atoms with Crippen LogP contribution < -0.4 is 5.32 Å². The van der Waals surface area contributed by atoms with Crippen LogP contribution in [0.3, 0.4) is 0 Å². The van der Waals surface area contributed by atoms with Gasteiger partial charge in [-0.25, -0.2) is 9.97 Å². The number of fused-ring (bicyclic) bond motifs is 1. The molecule has 4 heteroatoms. The molecule has 2 aromatic rings. The molecular formula is C13H20N4. The molecule has 0 radical (unpaired) electrons. The van der Waals surface area contributed by atoms with Gasteiger partial charge in [0.25, 0.3) is 0 Å². The van der Waals surface area contributed by atoms with Gasteiger partial charge in [-0.2, -0.15) is 0 Å². The second-order valence-electron chi connectivity index (χ2n) is 4.22. The van der Waals surface area contributed by atoms with E-state index in [2.05, 4.69) is 28.7 Å². The van der Waals surface area contributed by atoms with Crippen molar-refractivity contribution in [1.82, 2.24) is 19.9 Å². The van der Waals surface area contributed by atoms with Gasteiger partial charge in [-0.1, -0.05) is 13.8 Å². The summed E-state index contributed by atoms with van der Waals surface area (Å²) in [5.74, 6) is 1.10. The van der Waals surface area contributed by atoms with Crippen LogP contribution in [0.15, 0.2) is 18.3 Å². The van der Waals surface area contributed by atoms with Crippen LogP contribution in [0.5, 0.6) is 0 Å². The SMILES string of the molecule is CCCn1c(C(CC)NC)nc2cccnc21.